The molecule has 28 heavy (non-hydrogen) atoms. The molecule has 0 fully saturated rings. The fraction of sp³-hybridized carbons (Fsp3) is 0.474. The van der Waals surface area contributed by atoms with Crippen LogP contribution < -0.4 is 20.4 Å². The summed E-state index contributed by atoms with van der Waals surface area (Å²) in [6, 6.07) is 6.82. The van der Waals surface area contributed by atoms with E-state index in [9.17, 15) is 19.2 Å². The number of rotatable bonds is 6. The van der Waals surface area contributed by atoms with Crippen LogP contribution in [-0.2, 0) is 19.1 Å². The second kappa shape index (κ2) is 9.84. The Kier molecular flexibility index (Phi) is 7.51. The van der Waals surface area contributed by atoms with Crippen LogP contribution in [0.2, 0.25) is 0 Å². The van der Waals surface area contributed by atoms with Crippen LogP contribution in [0.3, 0.4) is 0 Å². The number of quaternary nitrogens is 1. The van der Waals surface area contributed by atoms with Crippen molar-refractivity contribution in [2.24, 2.45) is 0 Å². The van der Waals surface area contributed by atoms with Crippen LogP contribution in [0.1, 0.15) is 27.2 Å². The minimum atomic E-state index is -0.797. The molecular weight excluding hydrogens is 364 g/mol. The van der Waals surface area contributed by atoms with E-state index < -0.39 is 12.0 Å². The van der Waals surface area contributed by atoms with E-state index in [0.29, 0.717) is 22.8 Å². The molecule has 0 aromatic heterocycles. The number of likely N-dealkylation sites (N-methyl/N-ethyl adjacent to an activating group) is 1. The molecule has 0 aliphatic carbocycles. The Morgan fingerprint density at radius 3 is 2.64 bits per heavy atom. The Labute approximate surface area is 164 Å². The lowest BCUT2D eigenvalue weighted by Gasteiger charge is -2.29. The zero-order valence-corrected chi connectivity index (χ0v) is 16.4. The van der Waals surface area contributed by atoms with Crippen LogP contribution >= 0.6 is 0 Å². The van der Waals surface area contributed by atoms with Crippen molar-refractivity contribution in [3.8, 4) is 0 Å². The molecule has 1 aliphatic rings. The Balaban J connectivity index is 2.10. The number of carbonyl (C=O) groups is 4. The number of alkyl carbamates (subject to hydrolysis) is 1. The number of anilines is 2. The first-order chi connectivity index (χ1) is 13.3. The van der Waals surface area contributed by atoms with E-state index in [1.807, 2.05) is 13.8 Å². The molecule has 1 aromatic rings. The van der Waals surface area contributed by atoms with E-state index in [1.165, 1.54) is 0 Å². The number of carbonyl (C=O) groups excluding carboxylic acids is 4. The molecule has 1 unspecified atom stereocenters. The summed E-state index contributed by atoms with van der Waals surface area (Å²) in [6.07, 6.45) is -0.612. The number of nitrogens with one attached hydrogen (secondary N) is 3. The Bertz CT molecular complexity index is 752. The number of hydrogen-bond acceptors (Lipinski definition) is 5. The van der Waals surface area contributed by atoms with Gasteiger partial charge in [-0.15, -0.1) is 0 Å². The van der Waals surface area contributed by atoms with Gasteiger partial charge in [0, 0.05) is 12.5 Å². The zero-order chi connectivity index (χ0) is 20.7. The van der Waals surface area contributed by atoms with Gasteiger partial charge in [-0.05, 0) is 32.9 Å². The molecule has 4 amide bonds. The molecule has 0 saturated carbocycles. The Hall–Kier alpha value is -2.94. The van der Waals surface area contributed by atoms with E-state index in [-0.39, 0.29) is 44.0 Å². The number of fused-ring (bicyclic) bond motifs is 1. The number of amides is 4. The highest BCUT2D eigenvalue weighted by atomic mass is 16.5. The lowest BCUT2D eigenvalue weighted by atomic mass is 10.1. The maximum absolute atomic E-state index is 13.0. The lowest BCUT2D eigenvalue weighted by molar-refractivity contribution is -0.881. The fourth-order valence-corrected chi connectivity index (χ4v) is 3.13. The average Bonchev–Trinajstić information content (AvgIpc) is 2.75. The van der Waals surface area contributed by atoms with Crippen LogP contribution in [0.5, 0.6) is 0 Å². The normalized spacial score (nSPS) is 17.0. The summed E-state index contributed by atoms with van der Waals surface area (Å²) >= 11 is 0. The molecule has 0 bridgehead atoms. The first kappa shape index (κ1) is 21.4. The van der Waals surface area contributed by atoms with Crippen molar-refractivity contribution in [3.05, 3.63) is 24.3 Å². The van der Waals surface area contributed by atoms with E-state index in [4.69, 9.17) is 0 Å². The number of hydrogen-bond donors (Lipinski definition) is 3. The molecular formula is C19H27N4O5+. The highest BCUT2D eigenvalue weighted by molar-refractivity contribution is 6.04. The predicted octanol–water partition coefficient (Wildman–Crippen LogP) is -0.0722. The van der Waals surface area contributed by atoms with Crippen LogP contribution in [0.25, 0.3) is 0 Å². The van der Waals surface area contributed by atoms with Crippen molar-refractivity contribution in [3.63, 3.8) is 0 Å². The molecule has 1 heterocycles. The minimum Gasteiger partial charge on any atom is -0.450 e. The van der Waals surface area contributed by atoms with Gasteiger partial charge in [-0.3, -0.25) is 19.7 Å². The molecule has 0 radical (unpaired) electrons. The largest absolute Gasteiger partial charge is 0.450 e. The summed E-state index contributed by atoms with van der Waals surface area (Å²) in [5.41, 5.74) is 1.22. The van der Waals surface area contributed by atoms with Crippen LogP contribution in [-0.4, -0.2) is 56.1 Å². The van der Waals surface area contributed by atoms with E-state index in [1.54, 1.807) is 36.1 Å². The molecule has 1 aliphatic heterocycles. The monoisotopic (exact) mass is 391 g/mol. The minimum absolute atomic E-state index is 0.0396. The summed E-state index contributed by atoms with van der Waals surface area (Å²) in [5.74, 6) is -0.856. The van der Waals surface area contributed by atoms with Gasteiger partial charge in [0.25, 0.3) is 11.8 Å². The van der Waals surface area contributed by atoms with Gasteiger partial charge in [0.2, 0.25) is 5.91 Å². The van der Waals surface area contributed by atoms with E-state index >= 15 is 0 Å². The van der Waals surface area contributed by atoms with Gasteiger partial charge in [0.1, 0.15) is 0 Å². The van der Waals surface area contributed by atoms with Crippen molar-refractivity contribution in [1.82, 2.24) is 5.32 Å². The molecule has 1 aromatic carbocycles. The molecule has 3 N–H and O–H groups in total. The highest BCUT2D eigenvalue weighted by Crippen LogP contribution is 2.30. The van der Waals surface area contributed by atoms with Gasteiger partial charge in [-0.1, -0.05) is 12.1 Å². The molecule has 0 saturated heterocycles. The summed E-state index contributed by atoms with van der Waals surface area (Å²) in [5, 5.41) is 4.95. The topological polar surface area (TPSA) is 109 Å². The fourth-order valence-electron chi connectivity index (χ4n) is 3.13. The molecule has 9 nitrogen and oxygen atoms in total. The Morgan fingerprint density at radius 2 is 1.96 bits per heavy atom. The molecule has 2 atom stereocenters. The first-order valence-corrected chi connectivity index (χ1v) is 9.36. The maximum Gasteiger partial charge on any atom is 0.414 e. The van der Waals surface area contributed by atoms with Crippen molar-refractivity contribution in [1.29, 1.82) is 0 Å². The van der Waals surface area contributed by atoms with Gasteiger partial charge in [0.05, 0.1) is 24.5 Å². The van der Waals surface area contributed by atoms with Crippen LogP contribution in [0, 0.1) is 0 Å². The van der Waals surface area contributed by atoms with Gasteiger partial charge in [-0.2, -0.15) is 0 Å². The third kappa shape index (κ3) is 5.53. The van der Waals surface area contributed by atoms with E-state index in [2.05, 4.69) is 15.4 Å². The molecule has 152 valence electrons. The lowest BCUT2D eigenvalue weighted by Crippen LogP contribution is -3.14. The van der Waals surface area contributed by atoms with Crippen LogP contribution in [0.15, 0.2) is 24.3 Å². The molecule has 0 spiro atoms. The zero-order valence-electron chi connectivity index (χ0n) is 16.4. The average molecular weight is 391 g/mol. The van der Waals surface area contributed by atoms with Gasteiger partial charge < -0.3 is 19.9 Å². The third-order valence-corrected chi connectivity index (χ3v) is 4.46. The second-order valence-corrected chi connectivity index (χ2v) is 6.61. The van der Waals surface area contributed by atoms with Crippen molar-refractivity contribution >= 4 is 35.2 Å². The quantitative estimate of drug-likeness (QED) is 0.629. The van der Waals surface area contributed by atoms with Gasteiger partial charge in [0.15, 0.2) is 13.1 Å². The highest BCUT2D eigenvalue weighted by Gasteiger charge is 2.31. The van der Waals surface area contributed by atoms with Crippen molar-refractivity contribution in [2.75, 3.05) is 36.5 Å². The molecule has 2 rings (SSSR count). The number of nitrogens with zero attached hydrogens (tertiary/aromatic N) is 1. The third-order valence-electron chi connectivity index (χ3n) is 4.46. The van der Waals surface area contributed by atoms with Gasteiger partial charge in [-0.25, -0.2) is 4.79 Å². The predicted molar refractivity (Wildman–Crippen MR) is 103 cm³/mol. The smallest absolute Gasteiger partial charge is 0.414 e. The number of ether oxygens (including phenoxy) is 1. The SMILES string of the molecule is CCOC(=O)NC(=O)C[NH+](CC)CC(=O)N1c2ccccc2NC(=O)C[C@H]1C. The summed E-state index contributed by atoms with van der Waals surface area (Å²) in [4.78, 5) is 50.8. The number of benzene rings is 1. The number of para-hydroxylation sites is 2. The van der Waals surface area contributed by atoms with Crippen molar-refractivity contribution in [2.45, 2.75) is 33.2 Å². The number of imide groups is 1. The van der Waals surface area contributed by atoms with Gasteiger partial charge >= 0.3 is 6.09 Å². The second-order valence-electron chi connectivity index (χ2n) is 6.61. The summed E-state index contributed by atoms with van der Waals surface area (Å²) in [6.45, 7) is 6.02. The van der Waals surface area contributed by atoms with Crippen molar-refractivity contribution < 1.29 is 28.8 Å². The summed E-state index contributed by atoms with van der Waals surface area (Å²) < 4.78 is 4.69. The Morgan fingerprint density at radius 1 is 1.25 bits per heavy atom. The summed E-state index contributed by atoms with van der Waals surface area (Å²) in [7, 11) is 0. The van der Waals surface area contributed by atoms with Crippen LogP contribution in [0.4, 0.5) is 16.2 Å². The molecule has 9 heteroatoms. The van der Waals surface area contributed by atoms with E-state index in [0.717, 1.165) is 0 Å². The first-order valence-electron chi connectivity index (χ1n) is 9.36. The maximum atomic E-state index is 13.0. The standard InChI is InChI=1S/C19H26N4O5/c1-4-22(11-17(25)21-19(27)28-5-2)12-18(26)23-13(3)10-16(24)20-14-8-6-7-9-15(14)23/h6-9,13H,4-5,10-12H2,1-3H3,(H,20,24)(H,21,25,27)/p+1/t13-/m1/s1.